The van der Waals surface area contributed by atoms with Crippen LogP contribution in [0.25, 0.3) is 28.2 Å². The average Bonchev–Trinajstić information content (AvgIpc) is 3.26. The number of aromatic nitrogens is 4. The number of carbonyl (C=O) groups excluding carboxylic acids is 1. The van der Waals surface area contributed by atoms with Crippen LogP contribution in [-0.2, 0) is 16.0 Å². The van der Waals surface area contributed by atoms with E-state index in [9.17, 15) is 14.7 Å². The van der Waals surface area contributed by atoms with Crippen LogP contribution in [0, 0.1) is 5.41 Å². The lowest BCUT2D eigenvalue weighted by Crippen LogP contribution is -2.57. The Morgan fingerprint density at radius 1 is 1.17 bits per heavy atom. The van der Waals surface area contributed by atoms with Crippen molar-refractivity contribution in [1.82, 2.24) is 19.5 Å². The summed E-state index contributed by atoms with van der Waals surface area (Å²) in [6, 6.07) is 14.0. The van der Waals surface area contributed by atoms with E-state index in [0.29, 0.717) is 17.2 Å². The number of carboxylic acids is 1. The molecule has 1 aliphatic rings. The fraction of sp³-hybridized carbons (Fsp3) is 0.231. The van der Waals surface area contributed by atoms with E-state index >= 15 is 0 Å². The lowest BCUT2D eigenvalue weighted by molar-refractivity contribution is -0.138. The Morgan fingerprint density at radius 2 is 1.91 bits per heavy atom. The quantitative estimate of drug-likeness (QED) is 0.409. The molecule has 0 amide bonds. The van der Waals surface area contributed by atoms with E-state index in [1.54, 1.807) is 32.4 Å². The second-order valence-corrected chi connectivity index (χ2v) is 9.39. The van der Waals surface area contributed by atoms with E-state index in [1.165, 1.54) is 0 Å². The van der Waals surface area contributed by atoms with E-state index in [0.717, 1.165) is 22.3 Å². The number of carbonyl (C=O) groups is 2. The first kappa shape index (κ1) is 22.9. The lowest BCUT2D eigenvalue weighted by Gasteiger charge is -2.39. The maximum atomic E-state index is 12.0. The first-order valence-corrected chi connectivity index (χ1v) is 11.5. The number of imidazole rings is 1. The highest BCUT2D eigenvalue weighted by molar-refractivity contribution is 6.53. The van der Waals surface area contributed by atoms with Crippen LogP contribution < -0.4 is 0 Å². The van der Waals surface area contributed by atoms with Gasteiger partial charge in [0, 0.05) is 36.3 Å². The van der Waals surface area contributed by atoms with Crippen molar-refractivity contribution in [3.8, 4) is 17.1 Å². The summed E-state index contributed by atoms with van der Waals surface area (Å²) in [6.07, 6.45) is 5.35. The second-order valence-electron chi connectivity index (χ2n) is 8.95. The molecular weight excluding hydrogens is 466 g/mol. The maximum absolute atomic E-state index is 12.0. The lowest BCUT2D eigenvalue weighted by atomic mass is 9.68. The number of nitrogens with zero attached hydrogens (tertiary/aromatic N) is 5. The molecule has 0 saturated heterocycles. The van der Waals surface area contributed by atoms with Crippen molar-refractivity contribution >= 4 is 40.2 Å². The molecule has 1 aliphatic carbocycles. The molecule has 5 rings (SSSR count). The van der Waals surface area contributed by atoms with Crippen LogP contribution in [0.15, 0.2) is 72.1 Å². The van der Waals surface area contributed by atoms with Crippen LogP contribution in [0.5, 0.6) is 0 Å². The van der Waals surface area contributed by atoms with Crippen LogP contribution in [0.4, 0.5) is 0 Å². The van der Waals surface area contributed by atoms with Gasteiger partial charge in [-0.15, -0.1) is 11.6 Å². The monoisotopic (exact) mass is 487 g/mol. The van der Waals surface area contributed by atoms with Crippen LogP contribution >= 0.6 is 11.6 Å². The number of Topliss-reactive ketones (excluding diaryl/α,β-unsaturated/α-hetero) is 1. The smallest absolute Gasteiger partial charge is 0.328 e. The third-order valence-electron chi connectivity index (χ3n) is 6.27. The molecule has 9 heteroatoms. The Hall–Kier alpha value is -3.91. The van der Waals surface area contributed by atoms with Gasteiger partial charge in [-0.3, -0.25) is 19.3 Å². The number of halogens is 1. The zero-order chi connectivity index (χ0) is 24.7. The summed E-state index contributed by atoms with van der Waals surface area (Å²) in [5.74, 6) is -0.499. The third kappa shape index (κ3) is 4.00. The predicted molar refractivity (Wildman–Crippen MR) is 133 cm³/mol. The molecule has 0 radical (unpaired) electrons. The van der Waals surface area contributed by atoms with Crippen molar-refractivity contribution in [2.24, 2.45) is 10.4 Å². The van der Waals surface area contributed by atoms with Crippen molar-refractivity contribution < 1.29 is 14.7 Å². The van der Waals surface area contributed by atoms with Crippen molar-refractivity contribution in [2.45, 2.75) is 31.7 Å². The number of aliphatic imine (C=N–C) groups is 1. The van der Waals surface area contributed by atoms with Crippen LogP contribution in [0.1, 0.15) is 19.4 Å². The van der Waals surface area contributed by atoms with Crippen molar-refractivity contribution in [3.63, 3.8) is 0 Å². The Bertz CT molecular complexity index is 1460. The molecule has 0 spiro atoms. The molecule has 8 nitrogen and oxygen atoms in total. The van der Waals surface area contributed by atoms with Gasteiger partial charge < -0.3 is 5.11 Å². The van der Waals surface area contributed by atoms with Crippen molar-refractivity contribution in [2.75, 3.05) is 0 Å². The number of pyridine rings is 2. The molecule has 1 aromatic carbocycles. The highest BCUT2D eigenvalue weighted by Crippen LogP contribution is 2.37. The van der Waals surface area contributed by atoms with Gasteiger partial charge in [0.25, 0.3) is 0 Å². The minimum Gasteiger partial charge on any atom is -0.480 e. The summed E-state index contributed by atoms with van der Waals surface area (Å²) in [7, 11) is 0. The third-order valence-corrected chi connectivity index (χ3v) is 6.67. The Labute approximate surface area is 206 Å². The zero-order valence-corrected chi connectivity index (χ0v) is 19.8. The van der Waals surface area contributed by atoms with E-state index in [4.69, 9.17) is 16.6 Å². The SMILES string of the molecule is CC1(C)C(=O)C(Cl)C1=N[C@@H](Cc1ccc(-n2c(-c3cccnc3)nc3cccnc32)cc1)C(=O)O. The Kier molecular flexibility index (Phi) is 5.68. The molecule has 0 bridgehead atoms. The molecular formula is C26H22ClN5O3. The number of rotatable bonds is 6. The topological polar surface area (TPSA) is 110 Å². The number of fused-ring (bicyclic) bond motifs is 1. The minimum absolute atomic E-state index is 0.142. The van der Waals surface area contributed by atoms with Crippen molar-refractivity contribution in [3.05, 3.63) is 72.7 Å². The maximum Gasteiger partial charge on any atom is 0.328 e. The van der Waals surface area contributed by atoms with Gasteiger partial charge in [-0.1, -0.05) is 12.1 Å². The van der Waals surface area contributed by atoms with Crippen LogP contribution in [-0.4, -0.2) is 53.5 Å². The Morgan fingerprint density at radius 3 is 2.57 bits per heavy atom. The number of ketones is 1. The fourth-order valence-electron chi connectivity index (χ4n) is 4.24. The van der Waals surface area contributed by atoms with Gasteiger partial charge in [-0.25, -0.2) is 14.8 Å². The van der Waals surface area contributed by atoms with Gasteiger partial charge in [-0.05, 0) is 55.8 Å². The van der Waals surface area contributed by atoms with Gasteiger partial charge in [-0.2, -0.15) is 0 Å². The molecule has 3 heterocycles. The summed E-state index contributed by atoms with van der Waals surface area (Å²) in [6.45, 7) is 3.42. The van der Waals surface area contributed by atoms with Gasteiger partial charge in [0.05, 0.1) is 11.1 Å². The van der Waals surface area contributed by atoms with Gasteiger partial charge in [0.1, 0.15) is 16.7 Å². The number of carboxylic acid groups (broad SMARTS) is 1. The number of hydrogen-bond donors (Lipinski definition) is 1. The second kappa shape index (κ2) is 8.70. The van der Waals surface area contributed by atoms with Gasteiger partial charge >= 0.3 is 5.97 Å². The van der Waals surface area contributed by atoms with E-state index in [2.05, 4.69) is 15.0 Å². The molecule has 1 fully saturated rings. The van der Waals surface area contributed by atoms with E-state index < -0.39 is 22.8 Å². The molecule has 2 atom stereocenters. The average molecular weight is 488 g/mol. The normalized spacial score (nSPS) is 19.0. The molecule has 1 unspecified atom stereocenters. The molecule has 0 aliphatic heterocycles. The number of hydrogen-bond acceptors (Lipinski definition) is 6. The zero-order valence-electron chi connectivity index (χ0n) is 19.1. The molecule has 35 heavy (non-hydrogen) atoms. The molecule has 1 N–H and O–H groups in total. The van der Waals surface area contributed by atoms with E-state index in [1.807, 2.05) is 53.1 Å². The van der Waals surface area contributed by atoms with Gasteiger partial charge in [0.15, 0.2) is 17.5 Å². The first-order chi connectivity index (χ1) is 16.8. The van der Waals surface area contributed by atoms with Crippen LogP contribution in [0.2, 0.25) is 0 Å². The summed E-state index contributed by atoms with van der Waals surface area (Å²) in [5, 5.41) is 8.89. The predicted octanol–water partition coefficient (Wildman–Crippen LogP) is 4.14. The molecule has 3 aromatic heterocycles. The number of alkyl halides is 1. The van der Waals surface area contributed by atoms with Gasteiger partial charge in [0.2, 0.25) is 0 Å². The molecule has 4 aromatic rings. The minimum atomic E-state index is -1.07. The Balaban J connectivity index is 1.48. The molecule has 1 saturated carbocycles. The summed E-state index contributed by atoms with van der Waals surface area (Å²) < 4.78 is 1.95. The summed E-state index contributed by atoms with van der Waals surface area (Å²) in [5.41, 5.74) is 3.53. The number of aliphatic carboxylic acids is 1. The standard InChI is InChI=1S/C26H22ClN5O3/c1-26(2)21(20(27)22(26)33)30-19(25(34)35)13-15-7-9-17(10-8-15)32-23(16-5-3-11-28-14-16)31-18-6-4-12-29-24(18)32/h3-12,14,19-20H,13H2,1-2H3,(H,34,35)/t19-,20?/m0/s1. The molecule has 176 valence electrons. The van der Waals surface area contributed by atoms with Crippen molar-refractivity contribution in [1.29, 1.82) is 0 Å². The van der Waals surface area contributed by atoms with E-state index in [-0.39, 0.29) is 12.2 Å². The highest BCUT2D eigenvalue weighted by Gasteiger charge is 2.52. The first-order valence-electron chi connectivity index (χ1n) is 11.1. The van der Waals surface area contributed by atoms with Crippen LogP contribution in [0.3, 0.4) is 0 Å². The largest absolute Gasteiger partial charge is 0.480 e. The summed E-state index contributed by atoms with van der Waals surface area (Å²) in [4.78, 5) is 41.8. The highest BCUT2D eigenvalue weighted by atomic mass is 35.5. The summed E-state index contributed by atoms with van der Waals surface area (Å²) >= 11 is 6.10. The number of benzene rings is 1. The fourth-order valence-corrected chi connectivity index (χ4v) is 4.84.